The van der Waals surface area contributed by atoms with Crippen LogP contribution in [0.3, 0.4) is 0 Å². The summed E-state index contributed by atoms with van der Waals surface area (Å²) in [4.78, 5) is 27.9. The summed E-state index contributed by atoms with van der Waals surface area (Å²) in [5.41, 5.74) is 1.69. The minimum Gasteiger partial charge on any atom is -0.484 e. The lowest BCUT2D eigenvalue weighted by Crippen LogP contribution is -2.38. The fourth-order valence-electron chi connectivity index (χ4n) is 3.25. The topological polar surface area (TPSA) is 49.9 Å². The number of benzene rings is 2. The predicted octanol–water partition coefficient (Wildman–Crippen LogP) is 3.14. The van der Waals surface area contributed by atoms with Crippen molar-refractivity contribution in [3.8, 4) is 5.75 Å². The molecular formula is C22H25FN2O3. The maximum atomic E-state index is 13.0. The molecule has 28 heavy (non-hydrogen) atoms. The zero-order chi connectivity index (χ0) is 19.9. The van der Waals surface area contributed by atoms with Gasteiger partial charge < -0.3 is 9.64 Å². The van der Waals surface area contributed by atoms with Gasteiger partial charge in [-0.3, -0.25) is 14.5 Å². The number of carbonyl (C=O) groups excluding carboxylic acids is 2. The van der Waals surface area contributed by atoms with Crippen LogP contribution in [-0.2, 0) is 11.3 Å². The van der Waals surface area contributed by atoms with Crippen molar-refractivity contribution in [3.05, 3.63) is 65.5 Å². The summed E-state index contributed by atoms with van der Waals surface area (Å²) in [6, 6.07) is 13.4. The molecule has 1 amide bonds. The summed E-state index contributed by atoms with van der Waals surface area (Å²) < 4.78 is 18.6. The molecule has 0 aromatic heterocycles. The Hall–Kier alpha value is -2.73. The molecule has 0 unspecified atom stereocenters. The first-order chi connectivity index (χ1) is 13.5. The Labute approximate surface area is 164 Å². The quantitative estimate of drug-likeness (QED) is 0.718. The zero-order valence-electron chi connectivity index (χ0n) is 16.1. The van der Waals surface area contributed by atoms with Crippen LogP contribution in [0.1, 0.15) is 29.3 Å². The molecule has 1 aliphatic rings. The molecule has 0 aliphatic carbocycles. The van der Waals surface area contributed by atoms with Crippen LogP contribution in [0.25, 0.3) is 0 Å². The average molecular weight is 384 g/mol. The lowest BCUT2D eigenvalue weighted by Gasteiger charge is -2.22. The average Bonchev–Trinajstić information content (AvgIpc) is 2.94. The van der Waals surface area contributed by atoms with Crippen molar-refractivity contribution in [2.24, 2.45) is 0 Å². The molecule has 1 fully saturated rings. The lowest BCUT2D eigenvalue weighted by atomic mass is 10.1. The van der Waals surface area contributed by atoms with Crippen LogP contribution in [0.2, 0.25) is 0 Å². The minimum absolute atomic E-state index is 0.00242. The number of nitrogens with zero attached hydrogens (tertiary/aromatic N) is 2. The van der Waals surface area contributed by atoms with E-state index < -0.39 is 0 Å². The van der Waals surface area contributed by atoms with E-state index in [9.17, 15) is 14.0 Å². The van der Waals surface area contributed by atoms with Crippen molar-refractivity contribution in [3.63, 3.8) is 0 Å². The van der Waals surface area contributed by atoms with Crippen LogP contribution in [0, 0.1) is 5.82 Å². The Balaban J connectivity index is 1.47. The first-order valence-corrected chi connectivity index (χ1v) is 9.49. The largest absolute Gasteiger partial charge is 0.484 e. The molecule has 1 saturated heterocycles. The predicted molar refractivity (Wildman–Crippen MR) is 105 cm³/mol. The molecule has 0 atom stereocenters. The van der Waals surface area contributed by atoms with Gasteiger partial charge in [-0.05, 0) is 55.3 Å². The summed E-state index contributed by atoms with van der Waals surface area (Å²) in [6.07, 6.45) is 0.889. The van der Waals surface area contributed by atoms with Gasteiger partial charge in [-0.2, -0.15) is 0 Å². The number of halogens is 1. The van der Waals surface area contributed by atoms with E-state index in [0.29, 0.717) is 24.4 Å². The SMILES string of the molecule is CC(=O)c1ccc(OCC(=O)N2CCCN(Cc3ccc(F)cc3)CC2)cc1. The minimum atomic E-state index is -0.229. The molecule has 0 saturated carbocycles. The van der Waals surface area contributed by atoms with Crippen LogP contribution in [0.4, 0.5) is 4.39 Å². The van der Waals surface area contributed by atoms with Crippen LogP contribution >= 0.6 is 0 Å². The second-order valence-electron chi connectivity index (χ2n) is 7.01. The van der Waals surface area contributed by atoms with E-state index in [2.05, 4.69) is 4.90 Å². The van der Waals surface area contributed by atoms with Gasteiger partial charge in [0, 0.05) is 38.3 Å². The molecule has 1 heterocycles. The van der Waals surface area contributed by atoms with Crippen molar-refractivity contribution in [2.45, 2.75) is 19.9 Å². The second-order valence-corrected chi connectivity index (χ2v) is 7.01. The Kier molecular flexibility index (Phi) is 6.76. The molecule has 2 aromatic carbocycles. The van der Waals surface area contributed by atoms with Crippen LogP contribution in [0.5, 0.6) is 5.75 Å². The Morgan fingerprint density at radius 2 is 1.68 bits per heavy atom. The van der Waals surface area contributed by atoms with Crippen molar-refractivity contribution in [2.75, 3.05) is 32.8 Å². The van der Waals surface area contributed by atoms with Gasteiger partial charge in [0.2, 0.25) is 0 Å². The fraction of sp³-hybridized carbons (Fsp3) is 0.364. The van der Waals surface area contributed by atoms with Crippen LogP contribution < -0.4 is 4.74 Å². The standard InChI is InChI=1S/C22H25FN2O3/c1-17(26)19-5-9-21(10-6-19)28-16-22(27)25-12-2-11-24(13-14-25)15-18-3-7-20(23)8-4-18/h3-10H,2,11-16H2,1H3. The van der Waals surface area contributed by atoms with Gasteiger partial charge in [-0.15, -0.1) is 0 Å². The highest BCUT2D eigenvalue weighted by Crippen LogP contribution is 2.14. The maximum Gasteiger partial charge on any atom is 0.260 e. The number of ether oxygens (including phenoxy) is 1. The molecule has 5 nitrogen and oxygen atoms in total. The Bertz CT molecular complexity index is 806. The Morgan fingerprint density at radius 1 is 0.964 bits per heavy atom. The van der Waals surface area contributed by atoms with E-state index in [4.69, 9.17) is 4.74 Å². The first kappa shape index (κ1) is 20.0. The molecule has 0 bridgehead atoms. The van der Waals surface area contributed by atoms with Gasteiger partial charge in [0.15, 0.2) is 12.4 Å². The van der Waals surface area contributed by atoms with Crippen LogP contribution in [0.15, 0.2) is 48.5 Å². The normalized spacial score (nSPS) is 15.1. The monoisotopic (exact) mass is 384 g/mol. The van der Waals surface area contributed by atoms with Gasteiger partial charge in [0.1, 0.15) is 11.6 Å². The van der Waals surface area contributed by atoms with E-state index in [-0.39, 0.29) is 24.1 Å². The molecule has 1 aliphatic heterocycles. The van der Waals surface area contributed by atoms with Crippen molar-refractivity contribution < 1.29 is 18.7 Å². The third kappa shape index (κ3) is 5.63. The number of ketones is 1. The Morgan fingerprint density at radius 3 is 2.36 bits per heavy atom. The molecule has 6 heteroatoms. The number of Topliss-reactive ketones (excluding diaryl/α,β-unsaturated/α-hetero) is 1. The smallest absolute Gasteiger partial charge is 0.260 e. The second kappa shape index (κ2) is 9.46. The van der Waals surface area contributed by atoms with Gasteiger partial charge >= 0.3 is 0 Å². The van der Waals surface area contributed by atoms with E-state index in [1.165, 1.54) is 19.1 Å². The summed E-state index contributed by atoms with van der Waals surface area (Å²) in [5, 5.41) is 0. The highest BCUT2D eigenvalue weighted by atomic mass is 19.1. The molecular weight excluding hydrogens is 359 g/mol. The van der Waals surface area contributed by atoms with Gasteiger partial charge in [0.05, 0.1) is 0 Å². The molecule has 2 aromatic rings. The van der Waals surface area contributed by atoms with Gasteiger partial charge in [-0.1, -0.05) is 12.1 Å². The molecule has 148 valence electrons. The van der Waals surface area contributed by atoms with Crippen LogP contribution in [-0.4, -0.2) is 54.3 Å². The number of rotatable bonds is 6. The summed E-state index contributed by atoms with van der Waals surface area (Å²) >= 11 is 0. The maximum absolute atomic E-state index is 13.0. The van der Waals surface area contributed by atoms with Crippen molar-refractivity contribution in [1.29, 1.82) is 0 Å². The summed E-state index contributed by atoms with van der Waals surface area (Å²) in [6.45, 7) is 5.26. The number of hydrogen-bond acceptors (Lipinski definition) is 4. The lowest BCUT2D eigenvalue weighted by molar-refractivity contribution is -0.133. The highest BCUT2D eigenvalue weighted by molar-refractivity contribution is 5.94. The van der Waals surface area contributed by atoms with E-state index in [1.807, 2.05) is 4.90 Å². The fourth-order valence-corrected chi connectivity index (χ4v) is 3.25. The van der Waals surface area contributed by atoms with E-state index in [1.54, 1.807) is 36.4 Å². The molecule has 0 N–H and O–H groups in total. The molecule has 0 spiro atoms. The van der Waals surface area contributed by atoms with E-state index >= 15 is 0 Å². The first-order valence-electron chi connectivity index (χ1n) is 9.49. The number of carbonyl (C=O) groups is 2. The highest BCUT2D eigenvalue weighted by Gasteiger charge is 2.19. The number of hydrogen-bond donors (Lipinski definition) is 0. The third-order valence-corrected chi connectivity index (χ3v) is 4.88. The zero-order valence-corrected chi connectivity index (χ0v) is 16.1. The van der Waals surface area contributed by atoms with Gasteiger partial charge in [-0.25, -0.2) is 4.39 Å². The summed E-state index contributed by atoms with van der Waals surface area (Å²) in [5.74, 6) is 0.301. The van der Waals surface area contributed by atoms with Gasteiger partial charge in [0.25, 0.3) is 5.91 Å². The van der Waals surface area contributed by atoms with E-state index in [0.717, 1.165) is 31.6 Å². The van der Waals surface area contributed by atoms with Crippen molar-refractivity contribution in [1.82, 2.24) is 9.80 Å². The summed E-state index contributed by atoms with van der Waals surface area (Å²) in [7, 11) is 0. The molecule has 0 radical (unpaired) electrons. The number of amides is 1. The molecule has 3 rings (SSSR count). The van der Waals surface area contributed by atoms with Crippen molar-refractivity contribution >= 4 is 11.7 Å². The third-order valence-electron chi connectivity index (χ3n) is 4.88.